The lowest BCUT2D eigenvalue weighted by atomic mass is 10.2. The van der Waals surface area contributed by atoms with Crippen molar-refractivity contribution in [1.82, 2.24) is 29.4 Å². The molecule has 9 heteroatoms. The molecule has 0 aliphatic carbocycles. The highest BCUT2D eigenvalue weighted by Gasteiger charge is 2.22. The number of amides is 1. The van der Waals surface area contributed by atoms with Crippen LogP contribution < -0.4 is 0 Å². The molecule has 26 heavy (non-hydrogen) atoms. The van der Waals surface area contributed by atoms with Crippen LogP contribution in [-0.2, 0) is 24.4 Å². The molecule has 1 amide bonds. The Balaban J connectivity index is 1.50. The van der Waals surface area contributed by atoms with E-state index in [0.717, 1.165) is 31.9 Å². The molecule has 0 radical (unpaired) electrons. The molecule has 0 saturated carbocycles. The smallest absolute Gasteiger partial charge is 0.356 e. The molecule has 0 unspecified atom stereocenters. The van der Waals surface area contributed by atoms with E-state index in [0.29, 0.717) is 13.1 Å². The zero-order valence-corrected chi connectivity index (χ0v) is 15.1. The van der Waals surface area contributed by atoms with E-state index >= 15 is 0 Å². The molecule has 1 fully saturated rings. The summed E-state index contributed by atoms with van der Waals surface area (Å²) in [4.78, 5) is 27.4. The number of hydrogen-bond donors (Lipinski definition) is 1. The van der Waals surface area contributed by atoms with Crippen molar-refractivity contribution < 1.29 is 14.7 Å². The number of carboxylic acids is 1. The summed E-state index contributed by atoms with van der Waals surface area (Å²) in [7, 11) is 0. The van der Waals surface area contributed by atoms with Gasteiger partial charge < -0.3 is 10.0 Å². The second-order valence-electron chi connectivity index (χ2n) is 6.46. The van der Waals surface area contributed by atoms with Gasteiger partial charge in [-0.3, -0.25) is 19.1 Å². The van der Waals surface area contributed by atoms with Gasteiger partial charge in [-0.05, 0) is 19.9 Å². The molecule has 3 heterocycles. The Morgan fingerprint density at radius 1 is 1.15 bits per heavy atom. The maximum atomic E-state index is 12.4. The van der Waals surface area contributed by atoms with Crippen LogP contribution in [0.25, 0.3) is 0 Å². The summed E-state index contributed by atoms with van der Waals surface area (Å²) < 4.78 is 3.32. The fourth-order valence-electron chi connectivity index (χ4n) is 3.07. The quantitative estimate of drug-likeness (QED) is 0.803. The van der Waals surface area contributed by atoms with Gasteiger partial charge in [-0.25, -0.2) is 4.79 Å². The van der Waals surface area contributed by atoms with Gasteiger partial charge in [-0.1, -0.05) is 0 Å². The van der Waals surface area contributed by atoms with Crippen LogP contribution in [0.15, 0.2) is 18.5 Å². The lowest BCUT2D eigenvalue weighted by Gasteiger charge is -2.34. The molecule has 0 bridgehead atoms. The molecule has 2 aromatic heterocycles. The SMILES string of the molecule is CCn1cc(CN2CCN(C(=O)Cn3ccc(C(=O)O)n3)CC2)c(C)n1. The van der Waals surface area contributed by atoms with Crippen LogP contribution in [-0.4, -0.2) is 72.5 Å². The maximum absolute atomic E-state index is 12.4. The monoisotopic (exact) mass is 360 g/mol. The largest absolute Gasteiger partial charge is 0.476 e. The normalized spacial score (nSPS) is 15.4. The van der Waals surface area contributed by atoms with Gasteiger partial charge in [0.05, 0.1) is 5.69 Å². The van der Waals surface area contributed by atoms with Crippen molar-refractivity contribution in [3.8, 4) is 0 Å². The average molecular weight is 360 g/mol. The molecule has 0 spiro atoms. The van der Waals surface area contributed by atoms with Crippen molar-refractivity contribution in [2.24, 2.45) is 0 Å². The van der Waals surface area contributed by atoms with Gasteiger partial charge in [-0.2, -0.15) is 10.2 Å². The van der Waals surface area contributed by atoms with Crippen LogP contribution in [0, 0.1) is 6.92 Å². The van der Waals surface area contributed by atoms with Gasteiger partial charge in [0.25, 0.3) is 0 Å². The molecule has 1 aliphatic heterocycles. The number of aromatic nitrogens is 4. The summed E-state index contributed by atoms with van der Waals surface area (Å²) in [5, 5.41) is 17.2. The Morgan fingerprint density at radius 2 is 1.88 bits per heavy atom. The second kappa shape index (κ2) is 7.69. The zero-order chi connectivity index (χ0) is 18.7. The van der Waals surface area contributed by atoms with Gasteiger partial charge in [0, 0.05) is 57.2 Å². The van der Waals surface area contributed by atoms with Crippen LogP contribution in [0.3, 0.4) is 0 Å². The first kappa shape index (κ1) is 18.1. The highest BCUT2D eigenvalue weighted by atomic mass is 16.4. The standard InChI is InChI=1S/C17H24N6O3/c1-3-22-11-14(13(2)18-22)10-20-6-8-21(9-7-20)16(24)12-23-5-4-15(19-23)17(25)26/h4-5,11H,3,6-10,12H2,1-2H3,(H,25,26). The van der Waals surface area contributed by atoms with Crippen LogP contribution >= 0.6 is 0 Å². The first-order valence-electron chi connectivity index (χ1n) is 8.76. The van der Waals surface area contributed by atoms with E-state index in [1.807, 2.05) is 11.6 Å². The lowest BCUT2D eigenvalue weighted by molar-refractivity contribution is -0.133. The van der Waals surface area contributed by atoms with E-state index in [4.69, 9.17) is 5.11 Å². The number of aryl methyl sites for hydroxylation is 2. The first-order chi connectivity index (χ1) is 12.5. The van der Waals surface area contributed by atoms with Gasteiger partial charge in [0.2, 0.25) is 5.91 Å². The third kappa shape index (κ3) is 4.10. The van der Waals surface area contributed by atoms with E-state index in [1.54, 1.807) is 4.90 Å². The van der Waals surface area contributed by atoms with Crippen molar-refractivity contribution >= 4 is 11.9 Å². The predicted molar refractivity (Wildman–Crippen MR) is 93.7 cm³/mol. The number of carboxylic acid groups (broad SMARTS) is 1. The van der Waals surface area contributed by atoms with Crippen molar-refractivity contribution in [2.45, 2.75) is 33.5 Å². The Kier molecular flexibility index (Phi) is 5.36. The lowest BCUT2D eigenvalue weighted by Crippen LogP contribution is -2.49. The zero-order valence-electron chi connectivity index (χ0n) is 15.1. The number of hydrogen-bond acceptors (Lipinski definition) is 5. The van der Waals surface area contributed by atoms with Crippen LogP contribution in [0.5, 0.6) is 0 Å². The predicted octanol–water partition coefficient (Wildman–Crippen LogP) is 0.451. The molecule has 1 N–H and O–H groups in total. The van der Waals surface area contributed by atoms with Gasteiger partial charge in [0.1, 0.15) is 6.54 Å². The Morgan fingerprint density at radius 3 is 2.46 bits per heavy atom. The van der Waals surface area contributed by atoms with Crippen molar-refractivity contribution in [1.29, 1.82) is 0 Å². The van der Waals surface area contributed by atoms with Crippen LogP contribution in [0.2, 0.25) is 0 Å². The Hall–Kier alpha value is -2.68. The molecular formula is C17H24N6O3. The van der Waals surface area contributed by atoms with E-state index in [9.17, 15) is 9.59 Å². The van der Waals surface area contributed by atoms with E-state index < -0.39 is 5.97 Å². The Bertz CT molecular complexity index is 788. The van der Waals surface area contributed by atoms with E-state index in [2.05, 4.69) is 28.2 Å². The topological polar surface area (TPSA) is 96.5 Å². The number of rotatable bonds is 6. The highest BCUT2D eigenvalue weighted by Crippen LogP contribution is 2.12. The molecule has 1 saturated heterocycles. The summed E-state index contributed by atoms with van der Waals surface area (Å²) in [5.74, 6) is -1.13. The molecule has 0 atom stereocenters. The number of carbonyl (C=O) groups is 2. The second-order valence-corrected chi connectivity index (χ2v) is 6.46. The van der Waals surface area contributed by atoms with Crippen LogP contribution in [0.1, 0.15) is 28.7 Å². The fraction of sp³-hybridized carbons (Fsp3) is 0.529. The average Bonchev–Trinajstić information content (AvgIpc) is 3.22. The molecule has 0 aromatic carbocycles. The van der Waals surface area contributed by atoms with Crippen molar-refractivity contribution in [2.75, 3.05) is 26.2 Å². The molecule has 140 valence electrons. The molecule has 9 nitrogen and oxygen atoms in total. The summed E-state index contributed by atoms with van der Waals surface area (Å²) in [5.41, 5.74) is 2.23. The van der Waals surface area contributed by atoms with Gasteiger partial charge in [0.15, 0.2) is 5.69 Å². The van der Waals surface area contributed by atoms with Gasteiger partial charge in [-0.15, -0.1) is 0 Å². The van der Waals surface area contributed by atoms with Crippen LogP contribution in [0.4, 0.5) is 0 Å². The highest BCUT2D eigenvalue weighted by molar-refractivity contribution is 5.85. The minimum Gasteiger partial charge on any atom is -0.476 e. The third-order valence-electron chi connectivity index (χ3n) is 4.65. The number of nitrogens with zero attached hydrogens (tertiary/aromatic N) is 6. The van der Waals surface area contributed by atoms with Crippen molar-refractivity contribution in [3.63, 3.8) is 0 Å². The molecule has 3 rings (SSSR count). The minimum atomic E-state index is -1.09. The van der Waals surface area contributed by atoms with Gasteiger partial charge >= 0.3 is 5.97 Å². The number of aromatic carboxylic acids is 1. The summed E-state index contributed by atoms with van der Waals surface area (Å²) >= 11 is 0. The molecular weight excluding hydrogens is 336 g/mol. The summed E-state index contributed by atoms with van der Waals surface area (Å²) in [6, 6.07) is 1.40. The number of carbonyl (C=O) groups excluding carboxylic acids is 1. The third-order valence-corrected chi connectivity index (χ3v) is 4.65. The number of piperazine rings is 1. The first-order valence-corrected chi connectivity index (χ1v) is 8.76. The summed E-state index contributed by atoms with van der Waals surface area (Å²) in [6.45, 7) is 8.80. The molecule has 1 aliphatic rings. The Labute approximate surface area is 151 Å². The fourth-order valence-corrected chi connectivity index (χ4v) is 3.07. The maximum Gasteiger partial charge on any atom is 0.356 e. The van der Waals surface area contributed by atoms with E-state index in [1.165, 1.54) is 22.5 Å². The van der Waals surface area contributed by atoms with Crippen molar-refractivity contribution in [3.05, 3.63) is 35.4 Å². The minimum absolute atomic E-state index is 0.0420. The van der Waals surface area contributed by atoms with E-state index in [-0.39, 0.29) is 18.1 Å². The molecule has 2 aromatic rings. The summed E-state index contributed by atoms with van der Waals surface area (Å²) in [6.07, 6.45) is 3.61.